The Morgan fingerprint density at radius 3 is 2.30 bits per heavy atom. The predicted molar refractivity (Wildman–Crippen MR) is 79.8 cm³/mol. The maximum atomic E-state index is 11.1. The molecule has 0 spiro atoms. The van der Waals surface area contributed by atoms with E-state index in [0.29, 0.717) is 17.3 Å². The number of nitrogens with one attached hydrogen (secondary N) is 2. The Bertz CT molecular complexity index is 541. The van der Waals surface area contributed by atoms with E-state index in [1.807, 2.05) is 0 Å². The fraction of sp³-hybridized carbons (Fsp3) is 0.364. The van der Waals surface area contributed by atoms with Crippen LogP contribution >= 0.6 is 12.2 Å². The molecule has 0 aliphatic carbocycles. The van der Waals surface area contributed by atoms with Crippen molar-refractivity contribution in [1.29, 1.82) is 0 Å². The van der Waals surface area contributed by atoms with E-state index in [4.69, 9.17) is 26.8 Å². The third-order valence-electron chi connectivity index (χ3n) is 2.40. The molecule has 4 N–H and O–H groups in total. The lowest BCUT2D eigenvalue weighted by atomic mass is 10.3. The van der Waals surface area contributed by atoms with Crippen molar-refractivity contribution in [1.82, 2.24) is 5.32 Å². The number of methoxy groups -OCH3 is 2. The van der Waals surface area contributed by atoms with Crippen molar-refractivity contribution < 1.29 is 17.9 Å². The van der Waals surface area contributed by atoms with Gasteiger partial charge in [0.05, 0.1) is 11.4 Å². The summed E-state index contributed by atoms with van der Waals surface area (Å²) in [7, 11) is -0.633. The average Bonchev–Trinajstić information content (AvgIpc) is 2.39. The summed E-state index contributed by atoms with van der Waals surface area (Å²) < 4.78 is 32.2. The van der Waals surface area contributed by atoms with Crippen molar-refractivity contribution in [2.75, 3.05) is 26.1 Å². The van der Waals surface area contributed by atoms with Crippen LogP contribution in [0.25, 0.3) is 0 Å². The van der Waals surface area contributed by atoms with Gasteiger partial charge < -0.3 is 20.1 Å². The number of ether oxygens (including phenoxy) is 2. The summed E-state index contributed by atoms with van der Waals surface area (Å²) in [5.41, 5.74) is 0.640. The fourth-order valence-corrected chi connectivity index (χ4v) is 2.06. The zero-order valence-corrected chi connectivity index (χ0v) is 12.8. The normalized spacial score (nSPS) is 11.4. The van der Waals surface area contributed by atoms with E-state index < -0.39 is 16.3 Å². The van der Waals surface area contributed by atoms with E-state index in [1.165, 1.54) is 26.4 Å². The molecule has 9 heteroatoms. The molecule has 0 saturated carbocycles. The number of rotatable bonds is 6. The van der Waals surface area contributed by atoms with Crippen LogP contribution in [0.5, 0.6) is 0 Å². The summed E-state index contributed by atoms with van der Waals surface area (Å²) >= 11 is 5.08. The lowest BCUT2D eigenvalue weighted by Crippen LogP contribution is -2.36. The predicted octanol–water partition coefficient (Wildman–Crippen LogP) is 0.239. The molecule has 20 heavy (non-hydrogen) atoms. The van der Waals surface area contributed by atoms with Crippen LogP contribution in [0.2, 0.25) is 0 Å². The van der Waals surface area contributed by atoms with Gasteiger partial charge in [-0.3, -0.25) is 0 Å². The Labute approximate surface area is 123 Å². The van der Waals surface area contributed by atoms with Gasteiger partial charge in [0.2, 0.25) is 10.0 Å². The third kappa shape index (κ3) is 5.39. The molecule has 7 nitrogen and oxygen atoms in total. The van der Waals surface area contributed by atoms with E-state index in [0.717, 1.165) is 0 Å². The Morgan fingerprint density at radius 2 is 1.85 bits per heavy atom. The number of hydrogen-bond donors (Lipinski definition) is 3. The molecule has 0 saturated heterocycles. The van der Waals surface area contributed by atoms with Crippen molar-refractivity contribution >= 4 is 33.0 Å². The molecule has 0 bridgehead atoms. The molecule has 0 radical (unpaired) electrons. The number of sulfonamides is 1. The quantitative estimate of drug-likeness (QED) is 0.510. The SMILES string of the molecule is COC(CNC(=S)Nc1ccc(S(N)(=O)=O)cc1)OC. The zero-order valence-electron chi connectivity index (χ0n) is 11.1. The molecular weight excluding hydrogens is 302 g/mol. The number of primary sulfonamides is 1. The first-order chi connectivity index (χ1) is 9.36. The first kappa shape index (κ1) is 16.8. The number of thiocarbonyl (C=S) groups is 1. The monoisotopic (exact) mass is 319 g/mol. The van der Waals surface area contributed by atoms with E-state index in [-0.39, 0.29) is 4.90 Å². The lowest BCUT2D eigenvalue weighted by Gasteiger charge is -2.16. The van der Waals surface area contributed by atoms with Gasteiger partial charge in [0.25, 0.3) is 0 Å². The van der Waals surface area contributed by atoms with E-state index in [1.54, 1.807) is 12.1 Å². The van der Waals surface area contributed by atoms with Crippen molar-refractivity contribution in [3.05, 3.63) is 24.3 Å². The summed E-state index contributed by atoms with van der Waals surface area (Å²) in [6, 6.07) is 5.93. The highest BCUT2D eigenvalue weighted by molar-refractivity contribution is 7.89. The van der Waals surface area contributed by atoms with Crippen LogP contribution in [-0.4, -0.2) is 40.6 Å². The first-order valence-corrected chi connectivity index (χ1v) is 7.55. The van der Waals surface area contributed by atoms with Crippen LogP contribution in [0.15, 0.2) is 29.2 Å². The molecule has 0 fully saturated rings. The van der Waals surface area contributed by atoms with Gasteiger partial charge in [-0.05, 0) is 36.5 Å². The summed E-state index contributed by atoms with van der Waals surface area (Å²) in [6.07, 6.45) is -0.403. The Balaban J connectivity index is 2.54. The Hall–Kier alpha value is -1.26. The minimum atomic E-state index is -3.69. The first-order valence-electron chi connectivity index (χ1n) is 5.60. The molecule has 0 unspecified atom stereocenters. The molecule has 0 atom stereocenters. The highest BCUT2D eigenvalue weighted by atomic mass is 32.2. The second kappa shape index (κ2) is 7.50. The largest absolute Gasteiger partial charge is 0.357 e. The van der Waals surface area contributed by atoms with Gasteiger partial charge in [-0.15, -0.1) is 0 Å². The second-order valence-electron chi connectivity index (χ2n) is 3.81. The van der Waals surface area contributed by atoms with Crippen molar-refractivity contribution in [2.24, 2.45) is 5.14 Å². The van der Waals surface area contributed by atoms with Gasteiger partial charge in [-0.2, -0.15) is 0 Å². The standard InChI is InChI=1S/C11H17N3O4S2/c1-17-10(18-2)7-13-11(19)14-8-3-5-9(6-4-8)20(12,15)16/h3-6,10H,7H2,1-2H3,(H2,12,15,16)(H2,13,14,19). The summed E-state index contributed by atoms with van der Waals surface area (Å²) in [6.45, 7) is 0.383. The Kier molecular flexibility index (Phi) is 6.30. The number of benzene rings is 1. The molecular formula is C11H17N3O4S2. The second-order valence-corrected chi connectivity index (χ2v) is 5.78. The van der Waals surface area contributed by atoms with Gasteiger partial charge in [0, 0.05) is 19.9 Å². The average molecular weight is 319 g/mol. The van der Waals surface area contributed by atoms with E-state index >= 15 is 0 Å². The highest BCUT2D eigenvalue weighted by Gasteiger charge is 2.08. The summed E-state index contributed by atoms with van der Waals surface area (Å²) in [4.78, 5) is 0.0424. The minimum Gasteiger partial charge on any atom is -0.357 e. The van der Waals surface area contributed by atoms with Gasteiger partial charge in [0.1, 0.15) is 0 Å². The smallest absolute Gasteiger partial charge is 0.238 e. The van der Waals surface area contributed by atoms with Crippen LogP contribution in [-0.2, 0) is 19.5 Å². The maximum absolute atomic E-state index is 11.1. The van der Waals surface area contributed by atoms with Crippen molar-refractivity contribution in [3.63, 3.8) is 0 Å². The molecule has 1 rings (SSSR count). The summed E-state index contributed by atoms with van der Waals surface area (Å²) in [5, 5.41) is 11.2. The molecule has 1 aromatic carbocycles. The minimum absolute atomic E-state index is 0.0424. The van der Waals surface area contributed by atoms with Crippen LogP contribution in [0.1, 0.15) is 0 Å². The maximum Gasteiger partial charge on any atom is 0.238 e. The molecule has 112 valence electrons. The Morgan fingerprint density at radius 1 is 1.30 bits per heavy atom. The molecule has 0 aliphatic heterocycles. The van der Waals surface area contributed by atoms with Gasteiger partial charge in [-0.25, -0.2) is 13.6 Å². The molecule has 0 aliphatic rings. The topological polar surface area (TPSA) is 103 Å². The van der Waals surface area contributed by atoms with Crippen LogP contribution in [0, 0.1) is 0 Å². The molecule has 0 heterocycles. The number of nitrogens with two attached hydrogens (primary N) is 1. The van der Waals surface area contributed by atoms with Crippen molar-refractivity contribution in [2.45, 2.75) is 11.2 Å². The van der Waals surface area contributed by atoms with Crippen molar-refractivity contribution in [3.8, 4) is 0 Å². The van der Waals surface area contributed by atoms with Crippen LogP contribution in [0.4, 0.5) is 5.69 Å². The van der Waals surface area contributed by atoms with Crippen LogP contribution < -0.4 is 15.8 Å². The molecule has 0 amide bonds. The van der Waals surface area contributed by atoms with E-state index in [2.05, 4.69) is 10.6 Å². The fourth-order valence-electron chi connectivity index (χ4n) is 1.34. The van der Waals surface area contributed by atoms with Gasteiger partial charge >= 0.3 is 0 Å². The molecule has 0 aromatic heterocycles. The highest BCUT2D eigenvalue weighted by Crippen LogP contribution is 2.12. The van der Waals surface area contributed by atoms with E-state index in [9.17, 15) is 8.42 Å². The van der Waals surface area contributed by atoms with Gasteiger partial charge in [-0.1, -0.05) is 0 Å². The summed E-state index contributed by atoms with van der Waals surface area (Å²) in [5.74, 6) is 0. The lowest BCUT2D eigenvalue weighted by molar-refractivity contribution is -0.0964. The van der Waals surface area contributed by atoms with Gasteiger partial charge in [0.15, 0.2) is 11.4 Å². The van der Waals surface area contributed by atoms with Crippen LogP contribution in [0.3, 0.4) is 0 Å². The molecule has 1 aromatic rings. The zero-order chi connectivity index (χ0) is 15.2. The third-order valence-corrected chi connectivity index (χ3v) is 3.57. The number of hydrogen-bond acceptors (Lipinski definition) is 5. The number of anilines is 1.